The van der Waals surface area contributed by atoms with Gasteiger partial charge in [-0.3, -0.25) is 0 Å². The van der Waals surface area contributed by atoms with E-state index in [0.717, 1.165) is 12.0 Å². The average molecular weight is 178 g/mol. The molecule has 0 bridgehead atoms. The van der Waals surface area contributed by atoms with Gasteiger partial charge in [-0.2, -0.15) is 0 Å². The third kappa shape index (κ3) is 1.11. The molecule has 1 unspecified atom stereocenters. The largest absolute Gasteiger partial charge is 0.386 e. The first-order valence-corrected chi connectivity index (χ1v) is 4.27. The van der Waals surface area contributed by atoms with Crippen molar-refractivity contribution in [2.75, 3.05) is 0 Å². The van der Waals surface area contributed by atoms with Crippen LogP contribution in [-0.2, 0) is 14.3 Å². The highest BCUT2D eigenvalue weighted by molar-refractivity contribution is 6.14. The minimum atomic E-state index is -0.495. The summed E-state index contributed by atoms with van der Waals surface area (Å²) in [5.74, 6) is -0.846. The van der Waals surface area contributed by atoms with Crippen LogP contribution in [0.25, 0.3) is 0 Å². The van der Waals surface area contributed by atoms with Crippen LogP contribution >= 0.6 is 0 Å². The number of hydrogen-bond acceptors (Lipinski definition) is 3. The average Bonchev–Trinajstić information content (AvgIpc) is 2.27. The fourth-order valence-electron chi connectivity index (χ4n) is 1.91. The first kappa shape index (κ1) is 8.23. The van der Waals surface area contributed by atoms with E-state index in [1.807, 2.05) is 13.8 Å². The topological polar surface area (TPSA) is 43.4 Å². The Morgan fingerprint density at radius 2 is 2.08 bits per heavy atom. The summed E-state index contributed by atoms with van der Waals surface area (Å²) in [7, 11) is 0. The molecule has 0 saturated heterocycles. The number of esters is 2. The minimum absolute atomic E-state index is 0.110. The molecule has 1 heterocycles. The highest BCUT2D eigenvalue weighted by atomic mass is 16.6. The van der Waals surface area contributed by atoms with Gasteiger partial charge in [-0.15, -0.1) is 0 Å². The number of hydrogen-bond donors (Lipinski definition) is 0. The Labute approximate surface area is 76.1 Å². The molecule has 0 fully saturated rings. The van der Waals surface area contributed by atoms with Crippen LogP contribution in [0.5, 0.6) is 0 Å². The third-order valence-corrected chi connectivity index (χ3v) is 2.43. The summed E-state index contributed by atoms with van der Waals surface area (Å²) in [4.78, 5) is 22.4. The number of carbonyl (C=O) groups is 2. The predicted molar refractivity (Wildman–Crippen MR) is 45.7 cm³/mol. The van der Waals surface area contributed by atoms with Crippen LogP contribution in [0.15, 0.2) is 22.8 Å². The summed E-state index contributed by atoms with van der Waals surface area (Å²) in [6.07, 6.45) is 2.59. The molecule has 2 aliphatic rings. The highest BCUT2D eigenvalue weighted by Crippen LogP contribution is 2.34. The lowest BCUT2D eigenvalue weighted by atomic mass is 9.86. The molecule has 0 aromatic rings. The molecule has 0 aromatic heterocycles. The lowest BCUT2D eigenvalue weighted by molar-refractivity contribution is -0.151. The van der Waals surface area contributed by atoms with Gasteiger partial charge in [-0.1, -0.05) is 12.5 Å². The molecule has 13 heavy (non-hydrogen) atoms. The van der Waals surface area contributed by atoms with E-state index in [1.165, 1.54) is 0 Å². The van der Waals surface area contributed by atoms with Crippen LogP contribution in [0, 0.1) is 5.92 Å². The van der Waals surface area contributed by atoms with Crippen LogP contribution in [0.2, 0.25) is 0 Å². The van der Waals surface area contributed by atoms with Gasteiger partial charge in [-0.25, -0.2) is 9.59 Å². The van der Waals surface area contributed by atoms with Crippen molar-refractivity contribution in [2.24, 2.45) is 5.92 Å². The summed E-state index contributed by atoms with van der Waals surface area (Å²) in [5.41, 5.74) is 2.13. The van der Waals surface area contributed by atoms with E-state index in [2.05, 4.69) is 4.74 Å². The zero-order valence-electron chi connectivity index (χ0n) is 7.59. The molecule has 0 N–H and O–H groups in total. The normalized spacial score (nSPS) is 27.2. The summed E-state index contributed by atoms with van der Waals surface area (Å²) < 4.78 is 4.53. The molecular weight excluding hydrogens is 168 g/mol. The van der Waals surface area contributed by atoms with E-state index in [1.54, 1.807) is 6.08 Å². The second-order valence-corrected chi connectivity index (χ2v) is 3.60. The van der Waals surface area contributed by atoms with E-state index < -0.39 is 11.9 Å². The van der Waals surface area contributed by atoms with Gasteiger partial charge in [-0.05, 0) is 25.3 Å². The maximum Gasteiger partial charge on any atom is 0.346 e. The van der Waals surface area contributed by atoms with Gasteiger partial charge in [0.25, 0.3) is 0 Å². The van der Waals surface area contributed by atoms with Crippen molar-refractivity contribution in [1.29, 1.82) is 0 Å². The molecule has 3 nitrogen and oxygen atoms in total. The SMILES string of the molecule is CC1=CC2=C(C(=O)OC2=O)C(C)C1. The summed E-state index contributed by atoms with van der Waals surface area (Å²) in [5, 5.41) is 0. The molecule has 0 amide bonds. The molecule has 3 heteroatoms. The Bertz CT molecular complexity index is 360. The Morgan fingerprint density at radius 1 is 1.38 bits per heavy atom. The molecule has 1 aliphatic carbocycles. The fourth-order valence-corrected chi connectivity index (χ4v) is 1.91. The van der Waals surface area contributed by atoms with E-state index >= 15 is 0 Å². The van der Waals surface area contributed by atoms with Crippen molar-refractivity contribution in [2.45, 2.75) is 20.3 Å². The second kappa shape index (κ2) is 2.55. The maximum absolute atomic E-state index is 11.2. The van der Waals surface area contributed by atoms with Crippen LogP contribution < -0.4 is 0 Å². The van der Waals surface area contributed by atoms with E-state index in [9.17, 15) is 9.59 Å². The van der Waals surface area contributed by atoms with Crippen molar-refractivity contribution in [3.05, 3.63) is 22.8 Å². The van der Waals surface area contributed by atoms with Gasteiger partial charge >= 0.3 is 11.9 Å². The molecule has 0 radical (unpaired) electrons. The van der Waals surface area contributed by atoms with Crippen molar-refractivity contribution in [3.8, 4) is 0 Å². The first-order valence-electron chi connectivity index (χ1n) is 4.27. The van der Waals surface area contributed by atoms with E-state index in [-0.39, 0.29) is 5.92 Å². The van der Waals surface area contributed by atoms with Gasteiger partial charge in [0.15, 0.2) is 0 Å². The molecule has 0 aromatic carbocycles. The lowest BCUT2D eigenvalue weighted by Crippen LogP contribution is -2.11. The van der Waals surface area contributed by atoms with Gasteiger partial charge in [0.2, 0.25) is 0 Å². The third-order valence-electron chi connectivity index (χ3n) is 2.43. The Kier molecular flexibility index (Phi) is 1.62. The molecule has 1 aliphatic heterocycles. The van der Waals surface area contributed by atoms with Gasteiger partial charge < -0.3 is 4.74 Å². The number of cyclic esters (lactones) is 2. The van der Waals surface area contributed by atoms with Crippen molar-refractivity contribution in [3.63, 3.8) is 0 Å². The van der Waals surface area contributed by atoms with Crippen LogP contribution in [0.1, 0.15) is 20.3 Å². The van der Waals surface area contributed by atoms with E-state index in [4.69, 9.17) is 0 Å². The van der Waals surface area contributed by atoms with Crippen LogP contribution in [-0.4, -0.2) is 11.9 Å². The smallest absolute Gasteiger partial charge is 0.346 e. The Morgan fingerprint density at radius 3 is 2.77 bits per heavy atom. The molecule has 68 valence electrons. The Hall–Kier alpha value is -1.38. The maximum atomic E-state index is 11.2. The Balaban J connectivity index is 2.54. The number of ether oxygens (including phenoxy) is 1. The lowest BCUT2D eigenvalue weighted by Gasteiger charge is -2.15. The highest BCUT2D eigenvalue weighted by Gasteiger charge is 2.36. The van der Waals surface area contributed by atoms with Gasteiger partial charge in [0.1, 0.15) is 0 Å². The zero-order chi connectivity index (χ0) is 9.59. The van der Waals surface area contributed by atoms with Crippen molar-refractivity contribution in [1.82, 2.24) is 0 Å². The quantitative estimate of drug-likeness (QED) is 0.415. The van der Waals surface area contributed by atoms with E-state index in [0.29, 0.717) is 11.1 Å². The van der Waals surface area contributed by atoms with Crippen molar-refractivity contribution < 1.29 is 14.3 Å². The number of carbonyl (C=O) groups excluding carboxylic acids is 2. The molecule has 2 rings (SSSR count). The monoisotopic (exact) mass is 178 g/mol. The molecule has 0 saturated carbocycles. The van der Waals surface area contributed by atoms with Crippen LogP contribution in [0.3, 0.4) is 0 Å². The predicted octanol–water partition coefficient (Wildman–Crippen LogP) is 1.35. The summed E-state index contributed by atoms with van der Waals surface area (Å²) >= 11 is 0. The minimum Gasteiger partial charge on any atom is -0.386 e. The van der Waals surface area contributed by atoms with Crippen LogP contribution in [0.4, 0.5) is 0 Å². The van der Waals surface area contributed by atoms with Gasteiger partial charge in [0, 0.05) is 0 Å². The number of rotatable bonds is 0. The fraction of sp³-hybridized carbons (Fsp3) is 0.400. The number of allylic oxidation sites excluding steroid dienone is 1. The zero-order valence-corrected chi connectivity index (χ0v) is 7.59. The first-order chi connectivity index (χ1) is 6.09. The van der Waals surface area contributed by atoms with Crippen molar-refractivity contribution >= 4 is 11.9 Å². The standard InChI is InChI=1S/C10H10O3/c1-5-3-6(2)8-7(4-5)9(11)13-10(8)12/h4,6H,3H2,1-2H3. The second-order valence-electron chi connectivity index (χ2n) is 3.60. The summed E-state index contributed by atoms with van der Waals surface area (Å²) in [6.45, 7) is 3.89. The molecule has 1 atom stereocenters. The van der Waals surface area contributed by atoms with Gasteiger partial charge in [0.05, 0.1) is 11.1 Å². The molecular formula is C10H10O3. The molecule has 0 spiro atoms. The summed E-state index contributed by atoms with van der Waals surface area (Å²) in [6, 6.07) is 0.